The van der Waals surface area contributed by atoms with Crippen molar-refractivity contribution in [3.05, 3.63) is 50.5 Å². The Kier molecular flexibility index (Phi) is 3.63. The second kappa shape index (κ2) is 5.58. The van der Waals surface area contributed by atoms with E-state index in [1.165, 1.54) is 29.5 Å². The molecule has 108 valence electrons. The van der Waals surface area contributed by atoms with E-state index in [-0.39, 0.29) is 11.3 Å². The summed E-state index contributed by atoms with van der Waals surface area (Å²) in [6.07, 6.45) is 0.715. The summed E-state index contributed by atoms with van der Waals surface area (Å²) in [4.78, 5) is 27.8. The van der Waals surface area contributed by atoms with Crippen LogP contribution in [0.3, 0.4) is 0 Å². The van der Waals surface area contributed by atoms with E-state index < -0.39 is 10.8 Å². The molecule has 3 rings (SSSR count). The van der Waals surface area contributed by atoms with Crippen molar-refractivity contribution in [1.82, 2.24) is 4.98 Å². The standard InChI is InChI=1S/C13H11N3O4S/c17-12(8-3-1-2-4-10(8)16(18)19)15-13-14-9-5-6-20-7-11(9)21-13/h1-4H,5-7H2,(H,14,15,17). The van der Waals surface area contributed by atoms with E-state index in [0.717, 1.165) is 10.6 Å². The Morgan fingerprint density at radius 1 is 1.43 bits per heavy atom. The normalized spacial score (nSPS) is 13.5. The Hall–Kier alpha value is -2.32. The molecule has 0 unspecified atom stereocenters. The summed E-state index contributed by atoms with van der Waals surface area (Å²) >= 11 is 1.33. The topological polar surface area (TPSA) is 94.4 Å². The molecule has 0 radical (unpaired) electrons. The maximum absolute atomic E-state index is 12.2. The van der Waals surface area contributed by atoms with Gasteiger partial charge in [-0.25, -0.2) is 4.98 Å². The SMILES string of the molecule is O=C(Nc1nc2c(s1)COCC2)c1ccccc1[N+](=O)[O-]. The first-order chi connectivity index (χ1) is 10.1. The Morgan fingerprint density at radius 2 is 2.24 bits per heavy atom. The zero-order valence-corrected chi connectivity index (χ0v) is 11.7. The summed E-state index contributed by atoms with van der Waals surface area (Å²) in [5.74, 6) is -0.533. The van der Waals surface area contributed by atoms with Crippen LogP contribution in [0.2, 0.25) is 0 Å². The van der Waals surface area contributed by atoms with Gasteiger partial charge in [-0.15, -0.1) is 0 Å². The zero-order chi connectivity index (χ0) is 14.8. The summed E-state index contributed by atoms with van der Waals surface area (Å²) in [5, 5.41) is 14.0. The number of carbonyl (C=O) groups excluding carboxylic acids is 1. The number of anilines is 1. The molecular formula is C13H11N3O4S. The third-order valence-corrected chi connectivity index (χ3v) is 4.05. The maximum atomic E-state index is 12.2. The molecule has 2 heterocycles. The third-order valence-electron chi connectivity index (χ3n) is 3.06. The molecule has 0 spiro atoms. The summed E-state index contributed by atoms with van der Waals surface area (Å²) in [6, 6.07) is 5.83. The first-order valence-electron chi connectivity index (χ1n) is 6.26. The summed E-state index contributed by atoms with van der Waals surface area (Å²) in [7, 11) is 0. The van der Waals surface area contributed by atoms with Crippen LogP contribution in [0.25, 0.3) is 0 Å². The number of carbonyl (C=O) groups is 1. The van der Waals surface area contributed by atoms with Crippen molar-refractivity contribution < 1.29 is 14.5 Å². The number of amides is 1. The van der Waals surface area contributed by atoms with Crippen LogP contribution in [0, 0.1) is 10.1 Å². The smallest absolute Gasteiger partial charge is 0.282 e. The lowest BCUT2D eigenvalue weighted by molar-refractivity contribution is -0.385. The van der Waals surface area contributed by atoms with Crippen molar-refractivity contribution in [3.63, 3.8) is 0 Å². The molecule has 21 heavy (non-hydrogen) atoms. The van der Waals surface area contributed by atoms with Crippen LogP contribution in [0.5, 0.6) is 0 Å². The van der Waals surface area contributed by atoms with Crippen LogP contribution in [0.15, 0.2) is 24.3 Å². The number of para-hydroxylation sites is 1. The van der Waals surface area contributed by atoms with Gasteiger partial charge in [0.1, 0.15) is 5.56 Å². The van der Waals surface area contributed by atoms with Gasteiger partial charge in [0.25, 0.3) is 11.6 Å². The van der Waals surface area contributed by atoms with Gasteiger partial charge in [-0.3, -0.25) is 20.2 Å². The van der Waals surface area contributed by atoms with Gasteiger partial charge in [0.15, 0.2) is 5.13 Å². The van der Waals surface area contributed by atoms with Crippen molar-refractivity contribution in [2.75, 3.05) is 11.9 Å². The Bertz CT molecular complexity index is 690. The lowest BCUT2D eigenvalue weighted by atomic mass is 10.1. The van der Waals surface area contributed by atoms with E-state index in [1.807, 2.05) is 0 Å². The number of hydrogen-bond acceptors (Lipinski definition) is 6. The van der Waals surface area contributed by atoms with Gasteiger partial charge >= 0.3 is 0 Å². The number of ether oxygens (including phenoxy) is 1. The molecule has 0 saturated heterocycles. The lowest BCUT2D eigenvalue weighted by Gasteiger charge is -2.08. The molecule has 0 saturated carbocycles. The highest BCUT2D eigenvalue weighted by atomic mass is 32.1. The quantitative estimate of drug-likeness (QED) is 0.694. The van der Waals surface area contributed by atoms with Crippen LogP contribution >= 0.6 is 11.3 Å². The molecule has 1 aliphatic heterocycles. The van der Waals surface area contributed by atoms with Gasteiger partial charge < -0.3 is 4.74 Å². The van der Waals surface area contributed by atoms with Gasteiger partial charge in [-0.1, -0.05) is 23.5 Å². The van der Waals surface area contributed by atoms with Crippen molar-refractivity contribution in [1.29, 1.82) is 0 Å². The zero-order valence-electron chi connectivity index (χ0n) is 10.9. The molecule has 1 amide bonds. The second-order valence-electron chi connectivity index (χ2n) is 4.42. The fourth-order valence-corrected chi connectivity index (χ4v) is 3.01. The minimum atomic E-state index is -0.574. The minimum absolute atomic E-state index is 0.0203. The van der Waals surface area contributed by atoms with Gasteiger partial charge in [0.05, 0.1) is 28.7 Å². The number of benzene rings is 1. The summed E-state index contributed by atoms with van der Waals surface area (Å²) < 4.78 is 5.32. The fourth-order valence-electron chi connectivity index (χ4n) is 2.07. The van der Waals surface area contributed by atoms with E-state index >= 15 is 0 Å². The number of nitrogens with zero attached hydrogens (tertiary/aromatic N) is 2. The second-order valence-corrected chi connectivity index (χ2v) is 5.50. The van der Waals surface area contributed by atoms with Gasteiger partial charge in [-0.2, -0.15) is 0 Å². The van der Waals surface area contributed by atoms with Crippen molar-refractivity contribution >= 4 is 28.1 Å². The first-order valence-corrected chi connectivity index (χ1v) is 7.08. The number of nitro groups is 1. The predicted octanol–water partition coefficient (Wildman–Crippen LogP) is 2.38. The highest BCUT2D eigenvalue weighted by molar-refractivity contribution is 7.15. The average molecular weight is 305 g/mol. The number of nitro benzene ring substituents is 1. The maximum Gasteiger partial charge on any atom is 0.282 e. The van der Waals surface area contributed by atoms with Crippen LogP contribution in [0.4, 0.5) is 10.8 Å². The fraction of sp³-hybridized carbons (Fsp3) is 0.231. The molecule has 1 aromatic heterocycles. The van der Waals surface area contributed by atoms with Crippen LogP contribution in [-0.4, -0.2) is 22.4 Å². The van der Waals surface area contributed by atoms with Gasteiger partial charge in [0.2, 0.25) is 0 Å². The molecule has 0 atom stereocenters. The van der Waals surface area contributed by atoms with Crippen molar-refractivity contribution in [3.8, 4) is 0 Å². The van der Waals surface area contributed by atoms with E-state index in [9.17, 15) is 14.9 Å². The summed E-state index contributed by atoms with van der Waals surface area (Å²) in [5.41, 5.74) is 0.718. The number of nitrogens with one attached hydrogen (secondary N) is 1. The molecule has 7 nitrogen and oxygen atoms in total. The molecule has 0 fully saturated rings. The highest BCUT2D eigenvalue weighted by Gasteiger charge is 2.21. The van der Waals surface area contributed by atoms with Gasteiger partial charge in [-0.05, 0) is 6.07 Å². The van der Waals surface area contributed by atoms with E-state index in [0.29, 0.717) is 24.8 Å². The number of aromatic nitrogens is 1. The largest absolute Gasteiger partial charge is 0.375 e. The highest BCUT2D eigenvalue weighted by Crippen LogP contribution is 2.28. The monoisotopic (exact) mass is 305 g/mol. The molecule has 0 bridgehead atoms. The Labute approximate surface area is 123 Å². The van der Waals surface area contributed by atoms with Crippen LogP contribution < -0.4 is 5.32 Å². The van der Waals surface area contributed by atoms with E-state index in [1.54, 1.807) is 6.07 Å². The third kappa shape index (κ3) is 2.76. The Balaban J connectivity index is 1.83. The number of hydrogen-bond donors (Lipinski definition) is 1. The molecular weight excluding hydrogens is 294 g/mol. The van der Waals surface area contributed by atoms with Crippen molar-refractivity contribution in [2.24, 2.45) is 0 Å². The predicted molar refractivity (Wildman–Crippen MR) is 76.5 cm³/mol. The first kappa shape index (κ1) is 13.7. The molecule has 1 N–H and O–H groups in total. The molecule has 1 aliphatic rings. The van der Waals surface area contributed by atoms with E-state index in [4.69, 9.17) is 4.74 Å². The summed E-state index contributed by atoms with van der Waals surface area (Å²) in [6.45, 7) is 1.11. The average Bonchev–Trinajstić information content (AvgIpc) is 2.89. The van der Waals surface area contributed by atoms with Crippen LogP contribution in [-0.2, 0) is 17.8 Å². The number of fused-ring (bicyclic) bond motifs is 1. The molecule has 1 aromatic carbocycles. The Morgan fingerprint density at radius 3 is 3.00 bits per heavy atom. The van der Waals surface area contributed by atoms with Gasteiger partial charge in [0, 0.05) is 12.5 Å². The number of thiazole rings is 1. The lowest BCUT2D eigenvalue weighted by Crippen LogP contribution is -2.13. The van der Waals surface area contributed by atoms with Crippen LogP contribution in [0.1, 0.15) is 20.9 Å². The minimum Gasteiger partial charge on any atom is -0.375 e. The van der Waals surface area contributed by atoms with E-state index in [2.05, 4.69) is 10.3 Å². The molecule has 2 aromatic rings. The van der Waals surface area contributed by atoms with Crippen molar-refractivity contribution in [2.45, 2.75) is 13.0 Å². The number of rotatable bonds is 3. The molecule has 8 heteroatoms. The molecule has 0 aliphatic carbocycles.